The lowest BCUT2D eigenvalue weighted by Gasteiger charge is -2.33. The maximum Gasteiger partial charge on any atom is 0.141 e. The van der Waals surface area contributed by atoms with E-state index in [4.69, 9.17) is 4.98 Å². The number of piperazine rings is 1. The van der Waals surface area contributed by atoms with Crippen LogP contribution >= 0.6 is 0 Å². The largest absolute Gasteiger partial charge is 0.366 e. The van der Waals surface area contributed by atoms with E-state index < -0.39 is 0 Å². The van der Waals surface area contributed by atoms with Gasteiger partial charge in [-0.05, 0) is 68.7 Å². The second-order valence-corrected chi connectivity index (χ2v) is 11.1. The molecule has 5 aromatic rings. The van der Waals surface area contributed by atoms with Crippen molar-refractivity contribution in [3.8, 4) is 22.5 Å². The zero-order chi connectivity index (χ0) is 26.3. The van der Waals surface area contributed by atoms with E-state index in [1.54, 1.807) is 0 Å². The molecule has 8 heteroatoms. The molecule has 2 N–H and O–H groups in total. The summed E-state index contributed by atoms with van der Waals surface area (Å²) in [5.41, 5.74) is 10.2. The van der Waals surface area contributed by atoms with Gasteiger partial charge in [0.2, 0.25) is 0 Å². The van der Waals surface area contributed by atoms with Gasteiger partial charge in [-0.25, -0.2) is 4.98 Å². The summed E-state index contributed by atoms with van der Waals surface area (Å²) in [7, 11) is 2.18. The minimum absolute atomic E-state index is 0.896. The normalized spacial score (nSPS) is 17.1. The summed E-state index contributed by atoms with van der Waals surface area (Å²) in [4.78, 5) is 28.9. The molecule has 0 atom stereocenters. The molecular formula is C31H36N8. The Morgan fingerprint density at radius 1 is 0.821 bits per heavy atom. The highest BCUT2D eigenvalue weighted by Gasteiger charge is 2.22. The van der Waals surface area contributed by atoms with Crippen LogP contribution in [0.1, 0.15) is 31.0 Å². The fourth-order valence-corrected chi connectivity index (χ4v) is 6.21. The number of anilines is 1. The molecule has 39 heavy (non-hydrogen) atoms. The number of benzene rings is 1. The maximum absolute atomic E-state index is 5.19. The third-order valence-corrected chi connectivity index (χ3v) is 8.42. The SMILES string of the molecule is CCc1[nH]c2ccc(-c3cncc(CN4CCCC4)c3)cc2c1-c1nc2c(N3CCN(C)CC3)cncc2[nH]1. The summed E-state index contributed by atoms with van der Waals surface area (Å²) in [5, 5.41) is 1.18. The topological polar surface area (TPSA) is 80.0 Å². The first-order valence-corrected chi connectivity index (χ1v) is 14.2. The minimum atomic E-state index is 0.896. The predicted molar refractivity (Wildman–Crippen MR) is 158 cm³/mol. The van der Waals surface area contributed by atoms with Crippen LogP contribution in [0.4, 0.5) is 5.69 Å². The van der Waals surface area contributed by atoms with Crippen molar-refractivity contribution in [2.24, 2.45) is 0 Å². The van der Waals surface area contributed by atoms with E-state index in [0.717, 1.165) is 78.3 Å². The van der Waals surface area contributed by atoms with E-state index in [2.05, 4.69) is 72.9 Å². The van der Waals surface area contributed by atoms with Gasteiger partial charge in [0.25, 0.3) is 0 Å². The quantitative estimate of drug-likeness (QED) is 0.325. The van der Waals surface area contributed by atoms with Gasteiger partial charge in [0.15, 0.2) is 0 Å². The lowest BCUT2D eigenvalue weighted by atomic mass is 10.0. The maximum atomic E-state index is 5.19. The molecule has 200 valence electrons. The molecule has 0 unspecified atom stereocenters. The van der Waals surface area contributed by atoms with Crippen molar-refractivity contribution in [2.45, 2.75) is 32.7 Å². The molecule has 7 rings (SSSR count). The van der Waals surface area contributed by atoms with Crippen molar-refractivity contribution >= 4 is 27.6 Å². The lowest BCUT2D eigenvalue weighted by molar-refractivity contribution is 0.313. The summed E-state index contributed by atoms with van der Waals surface area (Å²) in [6, 6.07) is 8.99. The molecule has 0 bridgehead atoms. The van der Waals surface area contributed by atoms with Crippen LogP contribution in [0, 0.1) is 0 Å². The third-order valence-electron chi connectivity index (χ3n) is 8.42. The molecule has 0 radical (unpaired) electrons. The number of aryl methyl sites for hydroxylation is 1. The summed E-state index contributed by atoms with van der Waals surface area (Å²) < 4.78 is 0. The minimum Gasteiger partial charge on any atom is -0.366 e. The van der Waals surface area contributed by atoms with Crippen LogP contribution in [-0.4, -0.2) is 81.0 Å². The van der Waals surface area contributed by atoms with Gasteiger partial charge in [0.05, 0.1) is 23.6 Å². The van der Waals surface area contributed by atoms with Crippen molar-refractivity contribution in [3.63, 3.8) is 0 Å². The molecule has 0 aliphatic carbocycles. The Morgan fingerprint density at radius 3 is 2.46 bits per heavy atom. The van der Waals surface area contributed by atoms with Crippen molar-refractivity contribution < 1.29 is 0 Å². The molecule has 2 aliphatic rings. The van der Waals surface area contributed by atoms with Crippen LogP contribution in [0.15, 0.2) is 49.1 Å². The monoisotopic (exact) mass is 520 g/mol. The smallest absolute Gasteiger partial charge is 0.141 e. The number of nitrogens with one attached hydrogen (secondary N) is 2. The average Bonchev–Trinajstić information content (AvgIpc) is 3.71. The predicted octanol–water partition coefficient (Wildman–Crippen LogP) is 5.08. The number of nitrogens with zero attached hydrogens (tertiary/aromatic N) is 6. The van der Waals surface area contributed by atoms with E-state index in [0.29, 0.717) is 0 Å². The highest BCUT2D eigenvalue weighted by molar-refractivity contribution is 6.00. The Hall–Kier alpha value is -3.75. The molecule has 0 spiro atoms. The second kappa shape index (κ2) is 10.1. The molecule has 2 saturated heterocycles. The van der Waals surface area contributed by atoms with Gasteiger partial charge in [-0.3, -0.25) is 14.9 Å². The van der Waals surface area contributed by atoms with Gasteiger partial charge in [-0.1, -0.05) is 13.0 Å². The Bertz CT molecular complexity index is 1620. The van der Waals surface area contributed by atoms with Gasteiger partial charge in [0.1, 0.15) is 11.3 Å². The van der Waals surface area contributed by atoms with Gasteiger partial charge in [-0.15, -0.1) is 0 Å². The number of hydrogen-bond acceptors (Lipinski definition) is 6. The van der Waals surface area contributed by atoms with Gasteiger partial charge in [-0.2, -0.15) is 0 Å². The molecule has 2 fully saturated rings. The van der Waals surface area contributed by atoms with E-state index in [-0.39, 0.29) is 0 Å². The number of pyridine rings is 2. The molecule has 8 nitrogen and oxygen atoms in total. The van der Waals surface area contributed by atoms with Crippen LogP contribution in [-0.2, 0) is 13.0 Å². The fraction of sp³-hybridized carbons (Fsp3) is 0.387. The van der Waals surface area contributed by atoms with Crippen LogP contribution < -0.4 is 4.90 Å². The molecule has 6 heterocycles. The van der Waals surface area contributed by atoms with E-state index in [1.165, 1.54) is 48.1 Å². The highest BCUT2D eigenvalue weighted by Crippen LogP contribution is 2.36. The molecule has 2 aliphatic heterocycles. The number of aromatic nitrogens is 5. The second-order valence-electron chi connectivity index (χ2n) is 11.1. The molecule has 0 saturated carbocycles. The third kappa shape index (κ3) is 4.57. The fourth-order valence-electron chi connectivity index (χ4n) is 6.21. The van der Waals surface area contributed by atoms with E-state index >= 15 is 0 Å². The van der Waals surface area contributed by atoms with Crippen LogP contribution in [0.25, 0.3) is 44.5 Å². The average molecular weight is 521 g/mol. The van der Waals surface area contributed by atoms with Crippen LogP contribution in [0.5, 0.6) is 0 Å². The Labute approximate surface area is 229 Å². The summed E-state index contributed by atoms with van der Waals surface area (Å²) in [5.74, 6) is 0.898. The number of hydrogen-bond donors (Lipinski definition) is 2. The molecule has 1 aromatic carbocycles. The first-order chi connectivity index (χ1) is 19.2. The highest BCUT2D eigenvalue weighted by atomic mass is 15.3. The van der Waals surface area contributed by atoms with Gasteiger partial charge < -0.3 is 19.8 Å². The number of likely N-dealkylation sites (N-methyl/N-ethyl adjacent to an activating group) is 1. The van der Waals surface area contributed by atoms with Gasteiger partial charge in [0, 0.05) is 72.8 Å². The summed E-state index contributed by atoms with van der Waals surface area (Å²) >= 11 is 0. The molecular weight excluding hydrogens is 484 g/mol. The van der Waals surface area contributed by atoms with Crippen LogP contribution in [0.3, 0.4) is 0 Å². The summed E-state index contributed by atoms with van der Waals surface area (Å²) in [6.45, 7) is 9.61. The van der Waals surface area contributed by atoms with E-state index in [1.807, 2.05) is 24.8 Å². The lowest BCUT2D eigenvalue weighted by Crippen LogP contribution is -2.44. The molecule has 4 aromatic heterocycles. The van der Waals surface area contributed by atoms with Crippen LogP contribution in [0.2, 0.25) is 0 Å². The number of fused-ring (bicyclic) bond motifs is 2. The number of likely N-dealkylation sites (tertiary alicyclic amines) is 1. The Morgan fingerprint density at radius 2 is 1.64 bits per heavy atom. The number of H-pyrrole nitrogens is 2. The summed E-state index contributed by atoms with van der Waals surface area (Å²) in [6.07, 6.45) is 11.4. The van der Waals surface area contributed by atoms with Crippen molar-refractivity contribution in [2.75, 3.05) is 51.2 Å². The zero-order valence-electron chi connectivity index (χ0n) is 22.9. The van der Waals surface area contributed by atoms with E-state index in [9.17, 15) is 0 Å². The van der Waals surface area contributed by atoms with Gasteiger partial charge >= 0.3 is 0 Å². The standard InChI is InChI=1S/C31H36N8/c1-3-25-29(31-35-27-18-33-19-28(30(27)36-31)39-12-10-37(2)11-13-39)24-15-22(6-7-26(24)34-25)23-14-21(16-32-17-23)20-38-8-4-5-9-38/h6-7,14-19,34H,3-5,8-13,20H2,1-2H3,(H,35,36). The Balaban J connectivity index is 1.28. The number of rotatable bonds is 6. The van der Waals surface area contributed by atoms with Crippen molar-refractivity contribution in [3.05, 3.63) is 60.3 Å². The Kier molecular flexibility index (Phi) is 6.29. The zero-order valence-corrected chi connectivity index (χ0v) is 22.9. The first-order valence-electron chi connectivity index (χ1n) is 14.2. The number of imidazole rings is 1. The van der Waals surface area contributed by atoms with Crippen molar-refractivity contribution in [1.82, 2.24) is 34.7 Å². The number of aromatic amines is 2. The van der Waals surface area contributed by atoms with Crippen molar-refractivity contribution in [1.29, 1.82) is 0 Å². The molecule has 0 amide bonds. The first kappa shape index (κ1) is 24.3.